The van der Waals surface area contributed by atoms with Gasteiger partial charge in [0, 0.05) is 11.6 Å². The summed E-state index contributed by atoms with van der Waals surface area (Å²) < 4.78 is 0. The van der Waals surface area contributed by atoms with Crippen LogP contribution in [0, 0.1) is 0 Å². The lowest BCUT2D eigenvalue weighted by atomic mass is 10.1. The first-order chi connectivity index (χ1) is 10.3. The summed E-state index contributed by atoms with van der Waals surface area (Å²) in [5.74, 6) is 0.714. The quantitative estimate of drug-likeness (QED) is 0.771. The number of benzene rings is 1. The molecule has 2 N–H and O–H groups in total. The average molecular weight is 279 g/mol. The highest BCUT2D eigenvalue weighted by Gasteiger charge is 2.04. The monoisotopic (exact) mass is 279 g/mol. The molecule has 4 nitrogen and oxygen atoms in total. The van der Waals surface area contributed by atoms with Crippen LogP contribution in [0.2, 0.25) is 0 Å². The summed E-state index contributed by atoms with van der Waals surface area (Å²) in [6.45, 7) is 2.71. The predicted molar refractivity (Wildman–Crippen MR) is 85.5 cm³/mol. The van der Waals surface area contributed by atoms with Crippen molar-refractivity contribution < 1.29 is 0 Å². The Bertz CT molecular complexity index is 823. The number of aromatic nitrogens is 2. The number of pyridine rings is 2. The van der Waals surface area contributed by atoms with E-state index in [1.165, 1.54) is 5.56 Å². The molecule has 0 saturated carbocycles. The van der Waals surface area contributed by atoms with E-state index in [1.54, 1.807) is 6.20 Å². The zero-order chi connectivity index (χ0) is 14.7. The second kappa shape index (κ2) is 5.79. The summed E-state index contributed by atoms with van der Waals surface area (Å²) in [6, 6.07) is 13.5. The standard InChI is InChI=1S/C17H17N3O/c1-2-12-7-5-9-18-15(12)11-19-16-10-13-6-3-4-8-14(13)17(21)20-16/h3-10H,2,11H2,1H3,(H2,19,20,21). The van der Waals surface area contributed by atoms with Crippen molar-refractivity contribution in [1.29, 1.82) is 0 Å². The molecule has 106 valence electrons. The molecule has 3 aromatic rings. The molecule has 4 heteroatoms. The highest BCUT2D eigenvalue weighted by Crippen LogP contribution is 2.14. The first kappa shape index (κ1) is 13.4. The van der Waals surface area contributed by atoms with Crippen molar-refractivity contribution in [2.45, 2.75) is 19.9 Å². The van der Waals surface area contributed by atoms with Gasteiger partial charge in [-0.25, -0.2) is 0 Å². The summed E-state index contributed by atoms with van der Waals surface area (Å²) >= 11 is 0. The van der Waals surface area contributed by atoms with Crippen LogP contribution in [0.25, 0.3) is 10.8 Å². The van der Waals surface area contributed by atoms with E-state index in [0.717, 1.165) is 17.5 Å². The first-order valence-electron chi connectivity index (χ1n) is 7.06. The van der Waals surface area contributed by atoms with Gasteiger partial charge in [-0.2, -0.15) is 0 Å². The van der Waals surface area contributed by atoms with Gasteiger partial charge in [0.25, 0.3) is 5.56 Å². The Kier molecular flexibility index (Phi) is 3.69. The van der Waals surface area contributed by atoms with Crippen molar-refractivity contribution in [2.75, 3.05) is 5.32 Å². The van der Waals surface area contributed by atoms with E-state index >= 15 is 0 Å². The molecule has 3 rings (SSSR count). The molecule has 0 fully saturated rings. The summed E-state index contributed by atoms with van der Waals surface area (Å²) in [7, 11) is 0. The van der Waals surface area contributed by atoms with Crippen LogP contribution in [-0.4, -0.2) is 9.97 Å². The molecule has 0 bridgehead atoms. The Labute approximate surface area is 122 Å². The van der Waals surface area contributed by atoms with E-state index in [0.29, 0.717) is 17.7 Å². The minimum absolute atomic E-state index is 0.0765. The summed E-state index contributed by atoms with van der Waals surface area (Å²) in [5, 5.41) is 4.89. The van der Waals surface area contributed by atoms with Gasteiger partial charge >= 0.3 is 0 Å². The fraction of sp³-hybridized carbons (Fsp3) is 0.176. The first-order valence-corrected chi connectivity index (χ1v) is 7.06. The lowest BCUT2D eigenvalue weighted by Gasteiger charge is -2.09. The van der Waals surface area contributed by atoms with Crippen LogP contribution in [0.1, 0.15) is 18.2 Å². The maximum atomic E-state index is 12.0. The average Bonchev–Trinajstić information content (AvgIpc) is 2.53. The van der Waals surface area contributed by atoms with E-state index in [2.05, 4.69) is 28.3 Å². The van der Waals surface area contributed by atoms with Gasteiger partial charge in [-0.15, -0.1) is 0 Å². The van der Waals surface area contributed by atoms with Crippen molar-refractivity contribution >= 4 is 16.6 Å². The normalized spacial score (nSPS) is 10.7. The number of H-pyrrole nitrogens is 1. The van der Waals surface area contributed by atoms with Gasteiger partial charge in [0.1, 0.15) is 5.82 Å². The molecule has 2 heterocycles. The maximum absolute atomic E-state index is 12.0. The van der Waals surface area contributed by atoms with Crippen molar-refractivity contribution in [3.8, 4) is 0 Å². The van der Waals surface area contributed by atoms with Crippen molar-refractivity contribution in [2.24, 2.45) is 0 Å². The molecule has 0 aliphatic heterocycles. The highest BCUT2D eigenvalue weighted by atomic mass is 16.1. The topological polar surface area (TPSA) is 57.8 Å². The van der Waals surface area contributed by atoms with Crippen LogP contribution in [0.4, 0.5) is 5.82 Å². The molecule has 0 unspecified atom stereocenters. The van der Waals surface area contributed by atoms with E-state index in [4.69, 9.17) is 0 Å². The Morgan fingerprint density at radius 2 is 2.05 bits per heavy atom. The Hall–Kier alpha value is -2.62. The number of aromatic amines is 1. The molecule has 0 spiro atoms. The highest BCUT2D eigenvalue weighted by molar-refractivity contribution is 5.83. The molecule has 0 aliphatic carbocycles. The SMILES string of the molecule is CCc1cccnc1CNc1cc2ccccc2c(=O)[nH]1. The summed E-state index contributed by atoms with van der Waals surface area (Å²) in [4.78, 5) is 19.3. The van der Waals surface area contributed by atoms with Gasteiger partial charge in [0.15, 0.2) is 0 Å². The number of hydrogen-bond donors (Lipinski definition) is 2. The van der Waals surface area contributed by atoms with Crippen molar-refractivity contribution in [1.82, 2.24) is 9.97 Å². The van der Waals surface area contributed by atoms with Crippen molar-refractivity contribution in [3.05, 3.63) is 70.3 Å². The zero-order valence-corrected chi connectivity index (χ0v) is 11.9. The second-order valence-electron chi connectivity index (χ2n) is 4.92. The van der Waals surface area contributed by atoms with Crippen LogP contribution >= 0.6 is 0 Å². The largest absolute Gasteiger partial charge is 0.366 e. The Balaban J connectivity index is 1.87. The third-order valence-corrected chi connectivity index (χ3v) is 3.57. The van der Waals surface area contributed by atoms with Gasteiger partial charge in [-0.3, -0.25) is 9.78 Å². The molecular formula is C17H17N3O. The third-order valence-electron chi connectivity index (χ3n) is 3.57. The minimum Gasteiger partial charge on any atom is -0.366 e. The molecule has 0 aliphatic rings. The number of fused-ring (bicyclic) bond motifs is 1. The fourth-order valence-corrected chi connectivity index (χ4v) is 2.44. The number of hydrogen-bond acceptors (Lipinski definition) is 3. The van der Waals surface area contributed by atoms with Crippen LogP contribution in [0.15, 0.2) is 53.5 Å². The summed E-state index contributed by atoms with van der Waals surface area (Å²) in [6.07, 6.45) is 2.73. The van der Waals surface area contributed by atoms with Crippen LogP contribution < -0.4 is 10.9 Å². The number of anilines is 1. The maximum Gasteiger partial charge on any atom is 0.257 e. The molecule has 0 amide bonds. The number of rotatable bonds is 4. The lowest BCUT2D eigenvalue weighted by Crippen LogP contribution is -2.12. The van der Waals surface area contributed by atoms with Gasteiger partial charge in [0.2, 0.25) is 0 Å². The van der Waals surface area contributed by atoms with Crippen molar-refractivity contribution in [3.63, 3.8) is 0 Å². The molecular weight excluding hydrogens is 262 g/mol. The van der Waals surface area contributed by atoms with Gasteiger partial charge in [-0.1, -0.05) is 31.2 Å². The minimum atomic E-state index is -0.0765. The van der Waals surface area contributed by atoms with E-state index in [1.807, 2.05) is 36.4 Å². The van der Waals surface area contributed by atoms with E-state index < -0.39 is 0 Å². The molecule has 1 aromatic carbocycles. The third kappa shape index (κ3) is 2.79. The lowest BCUT2D eigenvalue weighted by molar-refractivity contribution is 0.964. The molecule has 0 saturated heterocycles. The molecule has 0 atom stereocenters. The smallest absolute Gasteiger partial charge is 0.257 e. The van der Waals surface area contributed by atoms with E-state index in [9.17, 15) is 4.79 Å². The number of aryl methyl sites for hydroxylation is 1. The van der Waals surface area contributed by atoms with Crippen LogP contribution in [-0.2, 0) is 13.0 Å². The number of nitrogens with one attached hydrogen (secondary N) is 2. The Morgan fingerprint density at radius 3 is 2.90 bits per heavy atom. The second-order valence-corrected chi connectivity index (χ2v) is 4.92. The molecule has 2 aromatic heterocycles. The van der Waals surface area contributed by atoms with E-state index in [-0.39, 0.29) is 5.56 Å². The predicted octanol–water partition coefficient (Wildman–Crippen LogP) is 3.10. The number of nitrogens with zero attached hydrogens (tertiary/aromatic N) is 1. The fourth-order valence-electron chi connectivity index (χ4n) is 2.44. The van der Waals surface area contributed by atoms with Gasteiger partial charge < -0.3 is 10.3 Å². The molecule has 0 radical (unpaired) electrons. The van der Waals surface area contributed by atoms with Crippen LogP contribution in [0.5, 0.6) is 0 Å². The van der Waals surface area contributed by atoms with Gasteiger partial charge in [-0.05, 0) is 35.6 Å². The van der Waals surface area contributed by atoms with Crippen LogP contribution in [0.3, 0.4) is 0 Å². The summed E-state index contributed by atoms with van der Waals surface area (Å²) in [5.41, 5.74) is 2.15. The molecule has 21 heavy (non-hydrogen) atoms. The van der Waals surface area contributed by atoms with Gasteiger partial charge in [0.05, 0.1) is 12.2 Å². The Morgan fingerprint density at radius 1 is 1.19 bits per heavy atom. The zero-order valence-electron chi connectivity index (χ0n) is 11.9.